The van der Waals surface area contributed by atoms with Crippen molar-refractivity contribution in [2.45, 2.75) is 19.4 Å². The minimum atomic E-state index is 0.164. The van der Waals surface area contributed by atoms with Crippen LogP contribution in [0.4, 0.5) is 0 Å². The Morgan fingerprint density at radius 3 is 3.00 bits per heavy atom. The number of rotatable bonds is 5. The van der Waals surface area contributed by atoms with Crippen molar-refractivity contribution in [2.24, 2.45) is 0 Å². The summed E-state index contributed by atoms with van der Waals surface area (Å²) in [7, 11) is 0. The van der Waals surface area contributed by atoms with Crippen LogP contribution in [0.1, 0.15) is 18.0 Å². The number of nitrogens with zero attached hydrogens (tertiary/aromatic N) is 3. The summed E-state index contributed by atoms with van der Waals surface area (Å²) in [6, 6.07) is 7.63. The number of aliphatic hydroxyl groups is 1. The van der Waals surface area contributed by atoms with Gasteiger partial charge in [0.15, 0.2) is 5.65 Å². The molecule has 0 aliphatic carbocycles. The van der Waals surface area contributed by atoms with Gasteiger partial charge in [0.2, 0.25) is 0 Å². The predicted molar refractivity (Wildman–Crippen MR) is 70.7 cm³/mol. The van der Waals surface area contributed by atoms with E-state index in [9.17, 15) is 0 Å². The molecule has 19 heavy (non-hydrogen) atoms. The highest BCUT2D eigenvalue weighted by atomic mass is 16.3. The lowest BCUT2D eigenvalue weighted by Crippen LogP contribution is -2.06. The molecule has 5 heteroatoms. The lowest BCUT2D eigenvalue weighted by atomic mass is 10.3. The minimum Gasteiger partial charge on any atom is -0.467 e. The fourth-order valence-electron chi connectivity index (χ4n) is 2.16. The van der Waals surface area contributed by atoms with Crippen molar-refractivity contribution in [1.29, 1.82) is 0 Å². The Morgan fingerprint density at radius 1 is 1.26 bits per heavy atom. The third-order valence-corrected chi connectivity index (χ3v) is 3.04. The van der Waals surface area contributed by atoms with E-state index in [1.54, 1.807) is 12.5 Å². The monoisotopic (exact) mass is 257 g/mol. The van der Waals surface area contributed by atoms with Gasteiger partial charge in [0.05, 0.1) is 12.8 Å². The maximum absolute atomic E-state index is 8.98. The smallest absolute Gasteiger partial charge is 0.160 e. The normalized spacial score (nSPS) is 11.2. The van der Waals surface area contributed by atoms with Gasteiger partial charge < -0.3 is 14.1 Å². The summed E-state index contributed by atoms with van der Waals surface area (Å²) in [5.41, 5.74) is 1.73. The molecule has 0 amide bonds. The molecule has 0 unspecified atom stereocenters. The molecule has 3 heterocycles. The maximum Gasteiger partial charge on any atom is 0.160 e. The maximum atomic E-state index is 8.98. The Kier molecular flexibility index (Phi) is 3.29. The van der Waals surface area contributed by atoms with E-state index in [0.717, 1.165) is 29.2 Å². The van der Waals surface area contributed by atoms with Gasteiger partial charge in [-0.25, -0.2) is 9.97 Å². The molecule has 5 nitrogen and oxygen atoms in total. The van der Waals surface area contributed by atoms with E-state index < -0.39 is 0 Å². The van der Waals surface area contributed by atoms with Crippen LogP contribution in [0.3, 0.4) is 0 Å². The fourth-order valence-corrected chi connectivity index (χ4v) is 2.16. The van der Waals surface area contributed by atoms with Crippen molar-refractivity contribution in [3.05, 3.63) is 48.3 Å². The van der Waals surface area contributed by atoms with Crippen LogP contribution in [0.25, 0.3) is 11.2 Å². The highest BCUT2D eigenvalue weighted by molar-refractivity contribution is 5.71. The van der Waals surface area contributed by atoms with Gasteiger partial charge in [0.1, 0.15) is 17.1 Å². The number of hydrogen-bond acceptors (Lipinski definition) is 4. The highest BCUT2D eigenvalue weighted by Crippen LogP contribution is 2.17. The molecule has 3 rings (SSSR count). The molecule has 0 saturated carbocycles. The third kappa shape index (κ3) is 2.37. The standard InChI is InChI=1S/C14H15N3O2/c18-8-2-6-13-16-12-5-1-7-15-14(12)17(13)10-11-4-3-9-19-11/h1,3-5,7,9,18H,2,6,8,10H2. The molecule has 0 saturated heterocycles. The van der Waals surface area contributed by atoms with E-state index in [1.807, 2.05) is 28.8 Å². The van der Waals surface area contributed by atoms with Crippen molar-refractivity contribution in [1.82, 2.24) is 14.5 Å². The van der Waals surface area contributed by atoms with E-state index in [4.69, 9.17) is 9.52 Å². The van der Waals surface area contributed by atoms with Crippen LogP contribution < -0.4 is 0 Å². The summed E-state index contributed by atoms with van der Waals surface area (Å²) < 4.78 is 7.43. The molecular weight excluding hydrogens is 242 g/mol. The Morgan fingerprint density at radius 2 is 2.21 bits per heavy atom. The first-order chi connectivity index (χ1) is 9.38. The van der Waals surface area contributed by atoms with Crippen molar-refractivity contribution < 1.29 is 9.52 Å². The molecule has 0 bridgehead atoms. The van der Waals surface area contributed by atoms with E-state index in [2.05, 4.69) is 9.97 Å². The zero-order valence-corrected chi connectivity index (χ0v) is 10.5. The molecule has 0 aromatic carbocycles. The van der Waals surface area contributed by atoms with E-state index in [-0.39, 0.29) is 6.61 Å². The van der Waals surface area contributed by atoms with Crippen LogP contribution in [0.2, 0.25) is 0 Å². The summed E-state index contributed by atoms with van der Waals surface area (Å²) >= 11 is 0. The Hall–Kier alpha value is -2.14. The van der Waals surface area contributed by atoms with Gasteiger partial charge in [-0.1, -0.05) is 0 Å². The van der Waals surface area contributed by atoms with Gasteiger partial charge in [0.25, 0.3) is 0 Å². The zero-order chi connectivity index (χ0) is 13.1. The topological polar surface area (TPSA) is 64.1 Å². The molecular formula is C14H15N3O2. The van der Waals surface area contributed by atoms with Crippen molar-refractivity contribution in [2.75, 3.05) is 6.61 Å². The van der Waals surface area contributed by atoms with E-state index >= 15 is 0 Å². The molecule has 0 aliphatic rings. The summed E-state index contributed by atoms with van der Waals surface area (Å²) in [5, 5.41) is 8.98. The molecule has 0 atom stereocenters. The number of furan rings is 1. The first-order valence-electron chi connectivity index (χ1n) is 6.32. The average molecular weight is 257 g/mol. The number of fused-ring (bicyclic) bond motifs is 1. The largest absolute Gasteiger partial charge is 0.467 e. The van der Waals surface area contributed by atoms with Crippen molar-refractivity contribution in [3.63, 3.8) is 0 Å². The average Bonchev–Trinajstić information content (AvgIpc) is 3.06. The van der Waals surface area contributed by atoms with Crippen LogP contribution in [0.15, 0.2) is 41.1 Å². The first-order valence-corrected chi connectivity index (χ1v) is 6.32. The fraction of sp³-hybridized carbons (Fsp3) is 0.286. The van der Waals surface area contributed by atoms with Crippen LogP contribution in [-0.4, -0.2) is 26.2 Å². The van der Waals surface area contributed by atoms with Crippen LogP contribution >= 0.6 is 0 Å². The second kappa shape index (κ2) is 5.24. The number of aryl methyl sites for hydroxylation is 1. The molecule has 0 radical (unpaired) electrons. The quantitative estimate of drug-likeness (QED) is 0.759. The lowest BCUT2D eigenvalue weighted by Gasteiger charge is -2.06. The highest BCUT2D eigenvalue weighted by Gasteiger charge is 2.12. The summed E-state index contributed by atoms with van der Waals surface area (Å²) in [6.45, 7) is 0.776. The second-order valence-electron chi connectivity index (χ2n) is 4.37. The summed E-state index contributed by atoms with van der Waals surface area (Å²) in [6.07, 6.45) is 4.85. The van der Waals surface area contributed by atoms with E-state index in [1.165, 1.54) is 0 Å². The summed E-state index contributed by atoms with van der Waals surface area (Å²) in [4.78, 5) is 8.97. The minimum absolute atomic E-state index is 0.164. The van der Waals surface area contributed by atoms with Crippen molar-refractivity contribution >= 4 is 11.2 Å². The van der Waals surface area contributed by atoms with Gasteiger partial charge >= 0.3 is 0 Å². The predicted octanol–water partition coefficient (Wildman–Crippen LogP) is 2.00. The van der Waals surface area contributed by atoms with Gasteiger partial charge in [-0.15, -0.1) is 0 Å². The van der Waals surface area contributed by atoms with Crippen LogP contribution in [-0.2, 0) is 13.0 Å². The molecule has 3 aromatic rings. The Balaban J connectivity index is 2.02. The van der Waals surface area contributed by atoms with Gasteiger partial charge in [-0.3, -0.25) is 0 Å². The number of imidazole rings is 1. The van der Waals surface area contributed by atoms with Crippen LogP contribution in [0, 0.1) is 0 Å². The molecule has 0 fully saturated rings. The Bertz CT molecular complexity index is 658. The summed E-state index contributed by atoms with van der Waals surface area (Å²) in [5.74, 6) is 1.80. The number of aromatic nitrogens is 3. The van der Waals surface area contributed by atoms with Gasteiger partial charge in [-0.2, -0.15) is 0 Å². The molecule has 1 N–H and O–H groups in total. The SMILES string of the molecule is OCCCc1nc2cccnc2n1Cc1ccco1. The first kappa shape index (κ1) is 11.9. The molecule has 98 valence electrons. The second-order valence-corrected chi connectivity index (χ2v) is 4.37. The lowest BCUT2D eigenvalue weighted by molar-refractivity contribution is 0.287. The van der Waals surface area contributed by atoms with E-state index in [0.29, 0.717) is 13.0 Å². The number of aliphatic hydroxyl groups excluding tert-OH is 1. The zero-order valence-electron chi connectivity index (χ0n) is 10.5. The Labute approximate surface area is 110 Å². The third-order valence-electron chi connectivity index (χ3n) is 3.04. The number of hydrogen-bond donors (Lipinski definition) is 1. The molecule has 0 aliphatic heterocycles. The van der Waals surface area contributed by atoms with Crippen LogP contribution in [0.5, 0.6) is 0 Å². The molecule has 0 spiro atoms. The number of pyridine rings is 1. The van der Waals surface area contributed by atoms with Gasteiger partial charge in [-0.05, 0) is 30.7 Å². The molecule has 3 aromatic heterocycles. The van der Waals surface area contributed by atoms with Gasteiger partial charge in [0, 0.05) is 19.2 Å². The van der Waals surface area contributed by atoms with Crippen molar-refractivity contribution in [3.8, 4) is 0 Å².